The molecule has 1 heterocycles. The number of aryl methyl sites for hydroxylation is 2. The first-order valence-corrected chi connectivity index (χ1v) is 7.55. The predicted molar refractivity (Wildman–Crippen MR) is 87.4 cm³/mol. The quantitative estimate of drug-likeness (QED) is 0.853. The van der Waals surface area contributed by atoms with Crippen LogP contribution in [0.4, 0.5) is 0 Å². The number of aliphatic hydroxyl groups excluding tert-OH is 1. The van der Waals surface area contributed by atoms with E-state index in [1.807, 2.05) is 19.9 Å². The Balaban J connectivity index is 1.93. The van der Waals surface area contributed by atoms with E-state index in [-0.39, 0.29) is 12.5 Å². The third-order valence-electron chi connectivity index (χ3n) is 3.76. The highest BCUT2D eigenvalue weighted by Gasteiger charge is 2.19. The fraction of sp³-hybridized carbons (Fsp3) is 0.412. The normalized spacial score (nSPS) is 13.4. The summed E-state index contributed by atoms with van der Waals surface area (Å²) in [5.74, 6) is 0.548. The van der Waals surface area contributed by atoms with Gasteiger partial charge in [0.1, 0.15) is 11.8 Å². The summed E-state index contributed by atoms with van der Waals surface area (Å²) in [6, 6.07) is 8.61. The van der Waals surface area contributed by atoms with E-state index in [4.69, 9.17) is 4.74 Å². The zero-order chi connectivity index (χ0) is 17.0. The first-order valence-electron chi connectivity index (χ1n) is 7.55. The maximum Gasteiger partial charge on any atom is 0.244 e. The molecule has 1 amide bonds. The fourth-order valence-electron chi connectivity index (χ4n) is 2.44. The molecule has 2 N–H and O–H groups in total. The molecule has 1 aromatic carbocycles. The number of ether oxygens (including phenoxy) is 1. The Morgan fingerprint density at radius 2 is 2.00 bits per heavy atom. The fourth-order valence-corrected chi connectivity index (χ4v) is 2.44. The number of nitrogens with one attached hydrogen (secondary N) is 1. The van der Waals surface area contributed by atoms with Gasteiger partial charge in [0, 0.05) is 12.2 Å². The largest absolute Gasteiger partial charge is 0.497 e. The minimum atomic E-state index is -0.766. The van der Waals surface area contributed by atoms with Crippen molar-refractivity contribution in [1.82, 2.24) is 15.1 Å². The van der Waals surface area contributed by atoms with Gasteiger partial charge >= 0.3 is 0 Å². The van der Waals surface area contributed by atoms with E-state index < -0.39 is 12.1 Å². The molecule has 6 nitrogen and oxygen atoms in total. The van der Waals surface area contributed by atoms with Gasteiger partial charge in [0.05, 0.1) is 18.9 Å². The standard InChI is InChI=1S/C17H23N3O3/c1-11-9-12(2)20(19-11)13(3)17(22)18-10-16(21)14-5-7-15(23-4)8-6-14/h5-9,13,16,21H,10H2,1-4H3,(H,18,22). The lowest BCUT2D eigenvalue weighted by Crippen LogP contribution is -2.34. The molecule has 124 valence electrons. The van der Waals surface area contributed by atoms with Crippen molar-refractivity contribution in [2.24, 2.45) is 0 Å². The minimum Gasteiger partial charge on any atom is -0.497 e. The predicted octanol–water partition coefficient (Wildman–Crippen LogP) is 1.92. The summed E-state index contributed by atoms with van der Waals surface area (Å²) in [6.45, 7) is 5.74. The van der Waals surface area contributed by atoms with Crippen LogP contribution in [0.15, 0.2) is 30.3 Å². The number of aliphatic hydroxyl groups is 1. The van der Waals surface area contributed by atoms with Gasteiger partial charge in [0.15, 0.2) is 0 Å². The number of carbonyl (C=O) groups is 1. The van der Waals surface area contributed by atoms with E-state index in [1.54, 1.807) is 43.0 Å². The van der Waals surface area contributed by atoms with E-state index >= 15 is 0 Å². The molecule has 0 aliphatic rings. The maximum absolute atomic E-state index is 12.2. The first kappa shape index (κ1) is 17.0. The van der Waals surface area contributed by atoms with Crippen LogP contribution in [0.2, 0.25) is 0 Å². The number of carbonyl (C=O) groups excluding carboxylic acids is 1. The average molecular weight is 317 g/mol. The van der Waals surface area contributed by atoms with Crippen LogP contribution in [0.25, 0.3) is 0 Å². The van der Waals surface area contributed by atoms with E-state index in [0.29, 0.717) is 0 Å². The van der Waals surface area contributed by atoms with Gasteiger partial charge in [-0.3, -0.25) is 9.48 Å². The second-order valence-corrected chi connectivity index (χ2v) is 5.58. The van der Waals surface area contributed by atoms with E-state index in [1.165, 1.54) is 0 Å². The molecule has 0 spiro atoms. The van der Waals surface area contributed by atoms with Gasteiger partial charge in [0.25, 0.3) is 0 Å². The van der Waals surface area contributed by atoms with Gasteiger partial charge in [-0.2, -0.15) is 5.10 Å². The molecular weight excluding hydrogens is 294 g/mol. The Morgan fingerprint density at radius 3 is 2.52 bits per heavy atom. The number of amides is 1. The molecule has 2 rings (SSSR count). The van der Waals surface area contributed by atoms with Crippen LogP contribution in [-0.2, 0) is 4.79 Å². The molecular formula is C17H23N3O3. The summed E-state index contributed by atoms with van der Waals surface area (Å²) >= 11 is 0. The summed E-state index contributed by atoms with van der Waals surface area (Å²) in [4.78, 5) is 12.2. The Kier molecular flexibility index (Phi) is 5.39. The number of nitrogens with zero attached hydrogens (tertiary/aromatic N) is 2. The lowest BCUT2D eigenvalue weighted by Gasteiger charge is -2.17. The van der Waals surface area contributed by atoms with Crippen molar-refractivity contribution < 1.29 is 14.6 Å². The van der Waals surface area contributed by atoms with Gasteiger partial charge < -0.3 is 15.2 Å². The summed E-state index contributed by atoms with van der Waals surface area (Å²) < 4.78 is 6.76. The summed E-state index contributed by atoms with van der Waals surface area (Å²) in [5, 5.41) is 17.2. The lowest BCUT2D eigenvalue weighted by molar-refractivity contribution is -0.124. The Bertz CT molecular complexity index is 664. The van der Waals surface area contributed by atoms with Gasteiger partial charge in [-0.15, -0.1) is 0 Å². The molecule has 0 aliphatic heterocycles. The molecule has 2 atom stereocenters. The second-order valence-electron chi connectivity index (χ2n) is 5.58. The van der Waals surface area contributed by atoms with Crippen LogP contribution in [0.1, 0.15) is 36.0 Å². The number of benzene rings is 1. The molecule has 1 aromatic heterocycles. The summed E-state index contributed by atoms with van der Waals surface area (Å²) in [7, 11) is 1.59. The highest BCUT2D eigenvalue weighted by atomic mass is 16.5. The maximum atomic E-state index is 12.2. The van der Waals surface area contributed by atoms with Crippen molar-refractivity contribution in [2.45, 2.75) is 32.9 Å². The van der Waals surface area contributed by atoms with Crippen molar-refractivity contribution in [3.05, 3.63) is 47.3 Å². The molecule has 0 saturated heterocycles. The highest BCUT2D eigenvalue weighted by molar-refractivity contribution is 5.79. The molecule has 23 heavy (non-hydrogen) atoms. The Labute approximate surface area is 136 Å². The number of hydrogen-bond donors (Lipinski definition) is 2. The SMILES string of the molecule is COc1ccc(C(O)CNC(=O)C(C)n2nc(C)cc2C)cc1. The van der Waals surface area contributed by atoms with Gasteiger partial charge in [-0.05, 0) is 44.5 Å². The molecule has 0 fully saturated rings. The number of aromatic nitrogens is 2. The van der Waals surface area contributed by atoms with E-state index in [2.05, 4.69) is 10.4 Å². The third kappa shape index (κ3) is 4.10. The zero-order valence-electron chi connectivity index (χ0n) is 13.9. The van der Waals surface area contributed by atoms with Crippen LogP contribution in [0.3, 0.4) is 0 Å². The average Bonchev–Trinajstić information content (AvgIpc) is 2.90. The summed E-state index contributed by atoms with van der Waals surface area (Å²) in [5.41, 5.74) is 2.53. The third-order valence-corrected chi connectivity index (χ3v) is 3.76. The van der Waals surface area contributed by atoms with E-state index in [0.717, 1.165) is 22.7 Å². The zero-order valence-corrected chi connectivity index (χ0v) is 13.9. The summed E-state index contributed by atoms with van der Waals surface area (Å²) in [6.07, 6.45) is -0.766. The van der Waals surface area contributed by atoms with Gasteiger partial charge in [0.2, 0.25) is 5.91 Å². The lowest BCUT2D eigenvalue weighted by atomic mass is 10.1. The number of hydrogen-bond acceptors (Lipinski definition) is 4. The molecule has 0 aliphatic carbocycles. The van der Waals surface area contributed by atoms with Crippen molar-refractivity contribution in [3.63, 3.8) is 0 Å². The Morgan fingerprint density at radius 1 is 1.35 bits per heavy atom. The topological polar surface area (TPSA) is 76.4 Å². The highest BCUT2D eigenvalue weighted by Crippen LogP contribution is 2.17. The van der Waals surface area contributed by atoms with Crippen LogP contribution < -0.4 is 10.1 Å². The molecule has 2 unspecified atom stereocenters. The van der Waals surface area contributed by atoms with Crippen molar-refractivity contribution in [3.8, 4) is 5.75 Å². The molecule has 0 bridgehead atoms. The Hall–Kier alpha value is -2.34. The minimum absolute atomic E-state index is 0.148. The van der Waals surface area contributed by atoms with Crippen molar-refractivity contribution in [1.29, 1.82) is 0 Å². The molecule has 2 aromatic rings. The first-order chi connectivity index (χ1) is 10.9. The monoisotopic (exact) mass is 317 g/mol. The smallest absolute Gasteiger partial charge is 0.244 e. The number of rotatable bonds is 6. The van der Waals surface area contributed by atoms with Crippen molar-refractivity contribution in [2.75, 3.05) is 13.7 Å². The van der Waals surface area contributed by atoms with Crippen LogP contribution in [-0.4, -0.2) is 34.4 Å². The van der Waals surface area contributed by atoms with Crippen LogP contribution in [0, 0.1) is 13.8 Å². The molecule has 0 radical (unpaired) electrons. The number of methoxy groups -OCH3 is 1. The van der Waals surface area contributed by atoms with Crippen molar-refractivity contribution >= 4 is 5.91 Å². The second kappa shape index (κ2) is 7.28. The van der Waals surface area contributed by atoms with Crippen LogP contribution >= 0.6 is 0 Å². The van der Waals surface area contributed by atoms with Gasteiger partial charge in [-0.1, -0.05) is 12.1 Å². The van der Waals surface area contributed by atoms with Crippen LogP contribution in [0.5, 0.6) is 5.75 Å². The van der Waals surface area contributed by atoms with Gasteiger partial charge in [-0.25, -0.2) is 0 Å². The van der Waals surface area contributed by atoms with E-state index in [9.17, 15) is 9.90 Å². The molecule has 0 saturated carbocycles. The molecule has 6 heteroatoms.